The molecular formula is C16H17FN2O3. The fraction of sp³-hybridized carbons (Fsp3) is 0.375. The first kappa shape index (κ1) is 14.7. The third-order valence-electron chi connectivity index (χ3n) is 4.24. The number of fused-ring (bicyclic) bond motifs is 1. The first-order valence-electron chi connectivity index (χ1n) is 7.25. The molecule has 0 spiro atoms. The normalized spacial score (nSPS) is 22.0. The fourth-order valence-electron chi connectivity index (χ4n) is 2.81. The van der Waals surface area contributed by atoms with E-state index >= 15 is 0 Å². The third kappa shape index (κ3) is 2.62. The molecule has 2 heterocycles. The number of carbonyl (C=O) groups is 1. The Morgan fingerprint density at radius 3 is 2.91 bits per heavy atom. The van der Waals surface area contributed by atoms with E-state index < -0.39 is 17.5 Å². The number of pyridine rings is 1. The van der Waals surface area contributed by atoms with Crippen molar-refractivity contribution >= 4 is 16.8 Å². The second-order valence-corrected chi connectivity index (χ2v) is 5.82. The zero-order chi connectivity index (χ0) is 15.9. The van der Waals surface area contributed by atoms with E-state index in [1.165, 1.54) is 24.3 Å². The van der Waals surface area contributed by atoms with Gasteiger partial charge < -0.3 is 15.0 Å². The SMILES string of the molecule is CC1CCN(C(=O)c2cc(=O)[nH]c3cc(F)ccc23)CC1O. The number of halogens is 1. The maximum absolute atomic E-state index is 13.3. The van der Waals surface area contributed by atoms with Crippen LogP contribution in [0.2, 0.25) is 0 Å². The Bertz CT molecular complexity index is 787. The highest BCUT2D eigenvalue weighted by atomic mass is 19.1. The van der Waals surface area contributed by atoms with Gasteiger partial charge in [0.1, 0.15) is 5.82 Å². The molecule has 2 N–H and O–H groups in total. The second-order valence-electron chi connectivity index (χ2n) is 5.82. The van der Waals surface area contributed by atoms with Crippen LogP contribution in [0.3, 0.4) is 0 Å². The maximum Gasteiger partial charge on any atom is 0.254 e. The van der Waals surface area contributed by atoms with Crippen molar-refractivity contribution in [2.24, 2.45) is 5.92 Å². The number of likely N-dealkylation sites (tertiary alicyclic amines) is 1. The number of benzene rings is 1. The number of nitrogens with zero attached hydrogens (tertiary/aromatic N) is 1. The number of rotatable bonds is 1. The lowest BCUT2D eigenvalue weighted by molar-refractivity contribution is 0.0250. The molecule has 1 amide bonds. The summed E-state index contributed by atoms with van der Waals surface area (Å²) in [7, 11) is 0. The average molecular weight is 304 g/mol. The minimum Gasteiger partial charge on any atom is -0.391 e. The lowest BCUT2D eigenvalue weighted by Crippen LogP contribution is -2.46. The van der Waals surface area contributed by atoms with Gasteiger partial charge in [-0.2, -0.15) is 0 Å². The molecule has 1 aliphatic rings. The number of aliphatic hydroxyl groups excluding tert-OH is 1. The number of aliphatic hydroxyl groups is 1. The van der Waals surface area contributed by atoms with Gasteiger partial charge >= 0.3 is 0 Å². The highest BCUT2D eigenvalue weighted by molar-refractivity contribution is 6.06. The van der Waals surface area contributed by atoms with Gasteiger partial charge in [0.05, 0.1) is 17.2 Å². The molecule has 116 valence electrons. The summed E-state index contributed by atoms with van der Waals surface area (Å²) < 4.78 is 13.3. The number of H-pyrrole nitrogens is 1. The summed E-state index contributed by atoms with van der Waals surface area (Å²) in [5.74, 6) is -0.641. The first-order chi connectivity index (χ1) is 10.5. The molecule has 2 aromatic rings. The van der Waals surface area contributed by atoms with Crippen LogP contribution < -0.4 is 5.56 Å². The minimum atomic E-state index is -0.566. The number of aromatic amines is 1. The first-order valence-corrected chi connectivity index (χ1v) is 7.25. The van der Waals surface area contributed by atoms with Crippen LogP contribution in [0.1, 0.15) is 23.7 Å². The highest BCUT2D eigenvalue weighted by Gasteiger charge is 2.28. The van der Waals surface area contributed by atoms with E-state index in [1.807, 2.05) is 6.92 Å². The number of hydrogen-bond acceptors (Lipinski definition) is 3. The maximum atomic E-state index is 13.3. The third-order valence-corrected chi connectivity index (χ3v) is 4.24. The quantitative estimate of drug-likeness (QED) is 0.839. The van der Waals surface area contributed by atoms with Crippen LogP contribution >= 0.6 is 0 Å². The standard InChI is InChI=1S/C16H17FN2O3/c1-9-4-5-19(8-14(9)20)16(22)12-7-15(21)18-13-6-10(17)2-3-11(12)13/h2-3,6-7,9,14,20H,4-5,8H2,1H3,(H,18,21). The molecule has 1 fully saturated rings. The molecule has 22 heavy (non-hydrogen) atoms. The molecular weight excluding hydrogens is 287 g/mol. The monoisotopic (exact) mass is 304 g/mol. The van der Waals surface area contributed by atoms with Gasteiger partial charge in [-0.15, -0.1) is 0 Å². The van der Waals surface area contributed by atoms with E-state index in [9.17, 15) is 19.1 Å². The number of carbonyl (C=O) groups excluding carboxylic acids is 1. The molecule has 3 rings (SSSR count). The van der Waals surface area contributed by atoms with Crippen molar-refractivity contribution in [3.05, 3.63) is 46.0 Å². The topological polar surface area (TPSA) is 73.4 Å². The van der Waals surface area contributed by atoms with Crippen molar-refractivity contribution in [2.45, 2.75) is 19.4 Å². The number of amides is 1. The van der Waals surface area contributed by atoms with Crippen LogP contribution in [0.15, 0.2) is 29.1 Å². The molecule has 5 nitrogen and oxygen atoms in total. The summed E-state index contributed by atoms with van der Waals surface area (Å²) >= 11 is 0. The van der Waals surface area contributed by atoms with Gasteiger partial charge in [0.15, 0.2) is 0 Å². The molecule has 0 bridgehead atoms. The van der Waals surface area contributed by atoms with Crippen LogP contribution in [0.4, 0.5) is 4.39 Å². The van der Waals surface area contributed by atoms with Crippen LogP contribution in [-0.4, -0.2) is 40.1 Å². The van der Waals surface area contributed by atoms with Gasteiger partial charge in [-0.1, -0.05) is 6.92 Å². The van der Waals surface area contributed by atoms with E-state index in [2.05, 4.69) is 4.98 Å². The number of piperidine rings is 1. The predicted molar refractivity (Wildman–Crippen MR) is 80.2 cm³/mol. The number of β-amino-alcohol motifs (C(OH)–C–C–N with tert-alkyl or cyclic N) is 1. The lowest BCUT2D eigenvalue weighted by atomic mass is 9.95. The Balaban J connectivity index is 2.02. The summed E-state index contributed by atoms with van der Waals surface area (Å²) in [6.07, 6.45) is 0.145. The van der Waals surface area contributed by atoms with Crippen molar-refractivity contribution in [3.63, 3.8) is 0 Å². The van der Waals surface area contributed by atoms with Gasteiger partial charge in [0, 0.05) is 24.5 Å². The van der Waals surface area contributed by atoms with Crippen LogP contribution in [-0.2, 0) is 0 Å². The van der Waals surface area contributed by atoms with Gasteiger partial charge in [-0.05, 0) is 30.5 Å². The summed E-state index contributed by atoms with van der Waals surface area (Å²) in [6, 6.07) is 5.16. The summed E-state index contributed by atoms with van der Waals surface area (Å²) in [6.45, 7) is 2.72. The summed E-state index contributed by atoms with van der Waals surface area (Å²) in [5, 5.41) is 10.4. The average Bonchev–Trinajstić information content (AvgIpc) is 2.48. The second kappa shape index (κ2) is 5.53. The van der Waals surface area contributed by atoms with E-state index in [0.717, 1.165) is 0 Å². The van der Waals surface area contributed by atoms with Crippen molar-refractivity contribution in [3.8, 4) is 0 Å². The van der Waals surface area contributed by atoms with Crippen molar-refractivity contribution in [2.75, 3.05) is 13.1 Å². The Hall–Kier alpha value is -2.21. The Morgan fingerprint density at radius 2 is 2.18 bits per heavy atom. The van der Waals surface area contributed by atoms with E-state index in [-0.39, 0.29) is 23.9 Å². The predicted octanol–water partition coefficient (Wildman–Crippen LogP) is 1.51. The van der Waals surface area contributed by atoms with Gasteiger partial charge in [0.25, 0.3) is 5.91 Å². The zero-order valence-electron chi connectivity index (χ0n) is 12.2. The Labute approximate surface area is 126 Å². The van der Waals surface area contributed by atoms with Gasteiger partial charge in [-0.25, -0.2) is 4.39 Å². The molecule has 0 saturated carbocycles. The number of nitrogens with one attached hydrogen (secondary N) is 1. The molecule has 6 heteroatoms. The molecule has 0 radical (unpaired) electrons. The number of aromatic nitrogens is 1. The van der Waals surface area contributed by atoms with Gasteiger partial charge in [0.2, 0.25) is 5.56 Å². The van der Waals surface area contributed by atoms with Crippen molar-refractivity contribution < 1.29 is 14.3 Å². The lowest BCUT2D eigenvalue weighted by Gasteiger charge is -2.34. The molecule has 0 aliphatic carbocycles. The van der Waals surface area contributed by atoms with Crippen LogP contribution in [0.5, 0.6) is 0 Å². The summed E-state index contributed by atoms with van der Waals surface area (Å²) in [5.41, 5.74) is 0.0784. The Morgan fingerprint density at radius 1 is 1.41 bits per heavy atom. The summed E-state index contributed by atoms with van der Waals surface area (Å²) in [4.78, 5) is 28.5. The van der Waals surface area contributed by atoms with Crippen molar-refractivity contribution in [1.82, 2.24) is 9.88 Å². The highest BCUT2D eigenvalue weighted by Crippen LogP contribution is 2.22. The van der Waals surface area contributed by atoms with E-state index in [0.29, 0.717) is 23.9 Å². The van der Waals surface area contributed by atoms with Crippen LogP contribution in [0, 0.1) is 11.7 Å². The smallest absolute Gasteiger partial charge is 0.254 e. The van der Waals surface area contributed by atoms with Crippen LogP contribution in [0.25, 0.3) is 10.9 Å². The molecule has 1 aliphatic heterocycles. The Kier molecular flexibility index (Phi) is 3.70. The molecule has 1 saturated heterocycles. The molecule has 1 aromatic heterocycles. The van der Waals surface area contributed by atoms with E-state index in [4.69, 9.17) is 0 Å². The van der Waals surface area contributed by atoms with E-state index in [1.54, 1.807) is 4.90 Å². The molecule has 2 atom stereocenters. The van der Waals surface area contributed by atoms with Crippen molar-refractivity contribution in [1.29, 1.82) is 0 Å². The largest absolute Gasteiger partial charge is 0.391 e. The minimum absolute atomic E-state index is 0.147. The zero-order valence-corrected chi connectivity index (χ0v) is 12.2. The fourth-order valence-corrected chi connectivity index (χ4v) is 2.81. The number of hydrogen-bond donors (Lipinski definition) is 2. The molecule has 1 aromatic carbocycles. The molecule has 2 unspecified atom stereocenters. The van der Waals surface area contributed by atoms with Gasteiger partial charge in [-0.3, -0.25) is 9.59 Å².